The van der Waals surface area contributed by atoms with Crippen LogP contribution in [0, 0.1) is 5.82 Å². The minimum absolute atomic E-state index is 0.0571. The molecule has 0 radical (unpaired) electrons. The maximum atomic E-state index is 13.9. The summed E-state index contributed by atoms with van der Waals surface area (Å²) in [5, 5.41) is 0. The summed E-state index contributed by atoms with van der Waals surface area (Å²) in [7, 11) is 0. The number of hydrogen-bond acceptors (Lipinski definition) is 8. The highest BCUT2D eigenvalue weighted by atomic mass is 19.3. The van der Waals surface area contributed by atoms with Gasteiger partial charge in [-0.3, -0.25) is 4.79 Å². The molecule has 182 valence electrons. The number of fused-ring (bicyclic) bond motifs is 2. The molecular weight excluding hydrogens is 469 g/mol. The van der Waals surface area contributed by atoms with Crippen LogP contribution in [0.4, 0.5) is 19.2 Å². The molecule has 0 spiro atoms. The number of nitrogens with zero attached hydrogens (tertiary/aromatic N) is 5. The Hall–Kier alpha value is -3.87. The molecule has 0 aliphatic carbocycles. The van der Waals surface area contributed by atoms with Crippen molar-refractivity contribution in [3.63, 3.8) is 0 Å². The van der Waals surface area contributed by atoms with Crippen molar-refractivity contribution in [3.8, 4) is 0 Å². The number of ether oxygens (including phenoxy) is 1. The summed E-state index contributed by atoms with van der Waals surface area (Å²) in [5.74, 6) is -1.75. The lowest BCUT2D eigenvalue weighted by Crippen LogP contribution is -2.41. The Morgan fingerprint density at radius 1 is 1.14 bits per heavy atom. The van der Waals surface area contributed by atoms with E-state index in [1.54, 1.807) is 4.90 Å². The molecule has 6 rings (SSSR count). The van der Waals surface area contributed by atoms with Crippen LogP contribution in [0.3, 0.4) is 0 Å². The molecule has 10 nitrogen and oxygen atoms in total. The molecular formula is C22H19F3N6O4. The van der Waals surface area contributed by atoms with Gasteiger partial charge in [-0.15, -0.1) is 0 Å². The summed E-state index contributed by atoms with van der Waals surface area (Å²) in [6, 6.07) is 2.89. The number of anilines is 1. The molecule has 35 heavy (non-hydrogen) atoms. The summed E-state index contributed by atoms with van der Waals surface area (Å²) in [6.45, 7) is 1.74. The van der Waals surface area contributed by atoms with Gasteiger partial charge in [-0.05, 0) is 12.1 Å². The number of H-pyrrole nitrogens is 1. The van der Waals surface area contributed by atoms with Crippen LogP contribution >= 0.6 is 0 Å². The van der Waals surface area contributed by atoms with E-state index in [9.17, 15) is 18.0 Å². The van der Waals surface area contributed by atoms with Crippen LogP contribution in [0.2, 0.25) is 0 Å². The molecule has 1 atom stereocenters. The van der Waals surface area contributed by atoms with E-state index in [2.05, 4.69) is 19.9 Å². The lowest BCUT2D eigenvalue weighted by molar-refractivity contribution is 0.0620. The number of halogens is 3. The Morgan fingerprint density at radius 3 is 2.77 bits per heavy atom. The maximum Gasteiger partial charge on any atom is 0.298 e. The maximum absolute atomic E-state index is 13.9. The number of aromatic amines is 1. The Morgan fingerprint density at radius 2 is 1.97 bits per heavy atom. The molecule has 3 aromatic heterocycles. The van der Waals surface area contributed by atoms with E-state index in [1.807, 2.05) is 0 Å². The molecule has 1 amide bonds. The number of rotatable bonds is 4. The zero-order valence-corrected chi connectivity index (χ0v) is 18.2. The summed E-state index contributed by atoms with van der Waals surface area (Å²) in [4.78, 5) is 32.3. The van der Waals surface area contributed by atoms with Crippen molar-refractivity contribution in [2.75, 3.05) is 37.7 Å². The number of amides is 1. The van der Waals surface area contributed by atoms with Gasteiger partial charge in [0.15, 0.2) is 17.3 Å². The van der Waals surface area contributed by atoms with Crippen molar-refractivity contribution in [1.29, 1.82) is 0 Å². The summed E-state index contributed by atoms with van der Waals surface area (Å²) in [6.07, 6.45) is -1.14. The second-order valence-corrected chi connectivity index (χ2v) is 8.19. The predicted octanol–water partition coefficient (Wildman–Crippen LogP) is 3.24. The van der Waals surface area contributed by atoms with Crippen molar-refractivity contribution >= 4 is 23.0 Å². The summed E-state index contributed by atoms with van der Waals surface area (Å²) in [5.41, 5.74) is 1.07. The smallest absolute Gasteiger partial charge is 0.298 e. The van der Waals surface area contributed by atoms with E-state index in [0.29, 0.717) is 44.0 Å². The number of oxazole rings is 2. The summed E-state index contributed by atoms with van der Waals surface area (Å²) < 4.78 is 58.3. The van der Waals surface area contributed by atoms with Gasteiger partial charge in [0, 0.05) is 37.8 Å². The molecule has 2 aliphatic rings. The third-order valence-electron chi connectivity index (χ3n) is 6.11. The van der Waals surface area contributed by atoms with Crippen LogP contribution in [0.5, 0.6) is 0 Å². The highest BCUT2D eigenvalue weighted by molar-refractivity contribution is 5.93. The molecule has 1 saturated heterocycles. The first-order valence-electron chi connectivity index (χ1n) is 11.0. The fourth-order valence-corrected chi connectivity index (χ4v) is 4.42. The number of alkyl halides is 2. The summed E-state index contributed by atoms with van der Waals surface area (Å²) >= 11 is 0. The minimum Gasteiger partial charge on any atom is -0.438 e. The highest BCUT2D eigenvalue weighted by Crippen LogP contribution is 2.37. The molecule has 0 bridgehead atoms. The zero-order chi connectivity index (χ0) is 24.1. The molecule has 2 aliphatic heterocycles. The fourth-order valence-electron chi connectivity index (χ4n) is 4.42. The molecule has 5 heterocycles. The predicted molar refractivity (Wildman–Crippen MR) is 114 cm³/mol. The molecule has 4 aromatic rings. The number of morpholine rings is 1. The van der Waals surface area contributed by atoms with Gasteiger partial charge in [-0.2, -0.15) is 4.98 Å². The van der Waals surface area contributed by atoms with E-state index in [0.717, 1.165) is 5.69 Å². The first-order valence-corrected chi connectivity index (χ1v) is 11.0. The number of aromatic nitrogens is 4. The molecule has 1 aromatic carbocycles. The van der Waals surface area contributed by atoms with Crippen molar-refractivity contribution in [3.05, 3.63) is 59.1 Å². The van der Waals surface area contributed by atoms with Gasteiger partial charge in [0.25, 0.3) is 18.3 Å². The monoisotopic (exact) mass is 488 g/mol. The van der Waals surface area contributed by atoms with Crippen molar-refractivity contribution in [1.82, 2.24) is 24.8 Å². The van der Waals surface area contributed by atoms with Gasteiger partial charge in [-0.25, -0.2) is 23.1 Å². The van der Waals surface area contributed by atoms with E-state index in [1.165, 1.54) is 29.4 Å². The van der Waals surface area contributed by atoms with Crippen molar-refractivity contribution < 1.29 is 31.5 Å². The van der Waals surface area contributed by atoms with Gasteiger partial charge in [0.1, 0.15) is 11.3 Å². The highest BCUT2D eigenvalue weighted by Gasteiger charge is 2.41. The van der Waals surface area contributed by atoms with Crippen LogP contribution in [0.1, 0.15) is 46.0 Å². The number of imidazole rings is 1. The average molecular weight is 488 g/mol. The minimum atomic E-state index is -3.02. The number of carbonyl (C=O) groups excluding carboxylic acids is 1. The molecule has 0 unspecified atom stereocenters. The molecule has 1 fully saturated rings. The number of nitrogens with one attached hydrogen (secondary N) is 1. The topological polar surface area (TPSA) is 114 Å². The van der Waals surface area contributed by atoms with Crippen LogP contribution in [0.25, 0.3) is 11.1 Å². The van der Waals surface area contributed by atoms with E-state index in [-0.39, 0.29) is 24.0 Å². The lowest BCUT2D eigenvalue weighted by atomic mass is 10.0. The van der Waals surface area contributed by atoms with Gasteiger partial charge in [0.05, 0.1) is 25.2 Å². The third kappa shape index (κ3) is 3.71. The average Bonchev–Trinajstić information content (AvgIpc) is 3.61. The SMILES string of the molecule is O=C(c1oc(N2CCOCC2)nc1C(F)F)N1CCc2[nH]cnc2[C@H]1c1nc2cc(F)ccc2o1. The fraction of sp³-hybridized carbons (Fsp3) is 0.364. The van der Waals surface area contributed by atoms with E-state index >= 15 is 0 Å². The van der Waals surface area contributed by atoms with Gasteiger partial charge in [0.2, 0.25) is 11.7 Å². The number of carbonyl (C=O) groups is 1. The van der Waals surface area contributed by atoms with Crippen LogP contribution < -0.4 is 4.90 Å². The van der Waals surface area contributed by atoms with Crippen LogP contribution in [-0.4, -0.2) is 63.6 Å². The Balaban J connectivity index is 1.42. The first-order chi connectivity index (χ1) is 17.0. The van der Waals surface area contributed by atoms with Gasteiger partial charge in [-0.1, -0.05) is 0 Å². The number of benzene rings is 1. The second kappa shape index (κ2) is 8.41. The lowest BCUT2D eigenvalue weighted by Gasteiger charge is -2.32. The van der Waals surface area contributed by atoms with Crippen molar-refractivity contribution in [2.45, 2.75) is 18.9 Å². The van der Waals surface area contributed by atoms with Gasteiger partial charge < -0.3 is 28.4 Å². The Labute approximate surface area is 195 Å². The van der Waals surface area contributed by atoms with Gasteiger partial charge >= 0.3 is 0 Å². The standard InChI is InChI=1S/C22H19F3N6O4/c23-11-1-2-14-13(9-11)28-20(34-14)17-15-12(26-10-27-15)3-4-31(17)21(32)18-16(19(24)25)29-22(35-18)30-5-7-33-8-6-30/h1-2,9-10,17,19H,3-8H2,(H,26,27)/t17-/m0/s1. The van der Waals surface area contributed by atoms with Crippen LogP contribution in [-0.2, 0) is 11.2 Å². The zero-order valence-electron chi connectivity index (χ0n) is 18.2. The van der Waals surface area contributed by atoms with Crippen LogP contribution in [0.15, 0.2) is 33.4 Å². The Kier molecular flexibility index (Phi) is 5.20. The first kappa shape index (κ1) is 21.6. The number of hydrogen-bond donors (Lipinski definition) is 1. The Bertz CT molecular complexity index is 1390. The third-order valence-corrected chi connectivity index (χ3v) is 6.11. The normalized spacial score (nSPS) is 18.5. The van der Waals surface area contributed by atoms with Crippen molar-refractivity contribution in [2.24, 2.45) is 0 Å². The quantitative estimate of drug-likeness (QED) is 0.466. The molecule has 13 heteroatoms. The van der Waals surface area contributed by atoms with E-state index < -0.39 is 35.6 Å². The second-order valence-electron chi connectivity index (χ2n) is 8.19. The molecule has 0 saturated carbocycles. The largest absolute Gasteiger partial charge is 0.438 e. The van der Waals surface area contributed by atoms with E-state index in [4.69, 9.17) is 13.6 Å². The molecule has 1 N–H and O–H groups in total.